The third kappa shape index (κ3) is 3.66. The zero-order valence-electron chi connectivity index (χ0n) is 11.2. The number of halogens is 3. The fourth-order valence-corrected chi connectivity index (χ4v) is 2.62. The molecule has 0 radical (unpaired) electrons. The molecule has 1 aromatic rings. The maximum Gasteiger partial charge on any atom is 0.391 e. The molecule has 0 spiro atoms. The quantitative estimate of drug-likeness (QED) is 0.897. The second-order valence-electron chi connectivity index (χ2n) is 5.22. The SMILES string of the molecule is N#Cc1ccc(NC2CCC(C(F)(F)F)CC2)cc1C#N. The number of alkyl halides is 3. The van der Waals surface area contributed by atoms with Crippen LogP contribution in [0.1, 0.15) is 36.8 Å². The largest absolute Gasteiger partial charge is 0.391 e. The van der Waals surface area contributed by atoms with Crippen LogP contribution < -0.4 is 5.32 Å². The highest BCUT2D eigenvalue weighted by molar-refractivity contribution is 5.56. The van der Waals surface area contributed by atoms with Crippen LogP contribution in [-0.4, -0.2) is 12.2 Å². The Balaban J connectivity index is 1.99. The summed E-state index contributed by atoms with van der Waals surface area (Å²) in [6.07, 6.45) is -2.95. The van der Waals surface area contributed by atoms with Gasteiger partial charge in [-0.15, -0.1) is 0 Å². The predicted molar refractivity (Wildman–Crippen MR) is 71.3 cm³/mol. The van der Waals surface area contributed by atoms with Gasteiger partial charge < -0.3 is 5.32 Å². The lowest BCUT2D eigenvalue weighted by Crippen LogP contribution is -2.32. The Morgan fingerprint density at radius 2 is 1.62 bits per heavy atom. The third-order valence-corrected chi connectivity index (χ3v) is 3.82. The van der Waals surface area contributed by atoms with Crippen LogP contribution in [0.2, 0.25) is 0 Å². The second kappa shape index (κ2) is 6.05. The molecular formula is C15H14F3N3. The fraction of sp³-hybridized carbons (Fsp3) is 0.467. The van der Waals surface area contributed by atoms with Gasteiger partial charge in [0.1, 0.15) is 12.1 Å². The first-order valence-electron chi connectivity index (χ1n) is 6.71. The summed E-state index contributed by atoms with van der Waals surface area (Å²) in [6, 6.07) is 8.62. The van der Waals surface area contributed by atoms with E-state index in [-0.39, 0.29) is 24.4 Å². The van der Waals surface area contributed by atoms with Gasteiger partial charge in [-0.3, -0.25) is 0 Å². The predicted octanol–water partition coefficient (Wildman–Crippen LogP) is 3.96. The molecule has 3 nitrogen and oxygen atoms in total. The van der Waals surface area contributed by atoms with Crippen LogP contribution in [0, 0.1) is 28.6 Å². The van der Waals surface area contributed by atoms with Crippen LogP contribution in [0.5, 0.6) is 0 Å². The lowest BCUT2D eigenvalue weighted by atomic mass is 9.85. The number of rotatable bonds is 2. The number of nitriles is 2. The minimum absolute atomic E-state index is 0.0249. The van der Waals surface area contributed by atoms with Crippen molar-refractivity contribution in [2.24, 2.45) is 5.92 Å². The number of hydrogen-bond acceptors (Lipinski definition) is 3. The van der Waals surface area contributed by atoms with Crippen molar-refractivity contribution in [1.82, 2.24) is 0 Å². The van der Waals surface area contributed by atoms with E-state index in [1.54, 1.807) is 18.2 Å². The van der Waals surface area contributed by atoms with E-state index >= 15 is 0 Å². The summed E-state index contributed by atoms with van der Waals surface area (Å²) in [5.74, 6) is -1.20. The topological polar surface area (TPSA) is 59.6 Å². The zero-order chi connectivity index (χ0) is 15.5. The van der Waals surface area contributed by atoms with Crippen molar-refractivity contribution in [3.63, 3.8) is 0 Å². The van der Waals surface area contributed by atoms with Crippen LogP contribution in [0.15, 0.2) is 18.2 Å². The molecule has 0 aliphatic heterocycles. The first-order chi connectivity index (χ1) is 9.94. The number of benzene rings is 1. The number of anilines is 1. The highest BCUT2D eigenvalue weighted by Crippen LogP contribution is 2.38. The van der Waals surface area contributed by atoms with Gasteiger partial charge in [0.15, 0.2) is 0 Å². The van der Waals surface area contributed by atoms with Crippen molar-refractivity contribution < 1.29 is 13.2 Å². The van der Waals surface area contributed by atoms with E-state index in [0.717, 1.165) is 0 Å². The zero-order valence-corrected chi connectivity index (χ0v) is 11.2. The van der Waals surface area contributed by atoms with Crippen LogP contribution in [-0.2, 0) is 0 Å². The summed E-state index contributed by atoms with van der Waals surface area (Å²) in [5.41, 5.74) is 1.23. The van der Waals surface area contributed by atoms with Crippen molar-refractivity contribution in [2.75, 3.05) is 5.32 Å². The summed E-state index contributed by atoms with van der Waals surface area (Å²) in [7, 11) is 0. The normalized spacial score (nSPS) is 22.1. The molecular weight excluding hydrogens is 279 g/mol. The van der Waals surface area contributed by atoms with Gasteiger partial charge >= 0.3 is 6.18 Å². The van der Waals surface area contributed by atoms with Crippen molar-refractivity contribution in [3.05, 3.63) is 29.3 Å². The molecule has 0 amide bonds. The molecule has 0 bridgehead atoms. The van der Waals surface area contributed by atoms with Gasteiger partial charge in [-0.25, -0.2) is 0 Å². The molecule has 1 aliphatic carbocycles. The summed E-state index contributed by atoms with van der Waals surface area (Å²) < 4.78 is 37.8. The van der Waals surface area contributed by atoms with E-state index in [9.17, 15) is 13.2 Å². The number of nitrogens with one attached hydrogen (secondary N) is 1. The van der Waals surface area contributed by atoms with E-state index in [0.29, 0.717) is 24.1 Å². The summed E-state index contributed by atoms with van der Waals surface area (Å²) in [5, 5.41) is 20.9. The molecule has 0 aromatic heterocycles. The minimum Gasteiger partial charge on any atom is -0.382 e. The Kier molecular flexibility index (Phi) is 4.37. The first-order valence-corrected chi connectivity index (χ1v) is 6.71. The van der Waals surface area contributed by atoms with Crippen LogP contribution in [0.4, 0.5) is 18.9 Å². The van der Waals surface area contributed by atoms with Gasteiger partial charge in [0.2, 0.25) is 0 Å². The minimum atomic E-state index is -4.10. The Morgan fingerprint density at radius 1 is 1.00 bits per heavy atom. The molecule has 2 rings (SSSR count). The lowest BCUT2D eigenvalue weighted by Gasteiger charge is -2.30. The van der Waals surface area contributed by atoms with Crippen molar-refractivity contribution >= 4 is 5.69 Å². The number of hydrogen-bond donors (Lipinski definition) is 1. The van der Waals surface area contributed by atoms with Gasteiger partial charge in [-0.05, 0) is 43.9 Å². The molecule has 1 saturated carbocycles. The highest BCUT2D eigenvalue weighted by atomic mass is 19.4. The van der Waals surface area contributed by atoms with Gasteiger partial charge in [0.25, 0.3) is 0 Å². The molecule has 1 fully saturated rings. The molecule has 21 heavy (non-hydrogen) atoms. The second-order valence-corrected chi connectivity index (χ2v) is 5.22. The van der Waals surface area contributed by atoms with Gasteiger partial charge in [-0.1, -0.05) is 0 Å². The molecule has 0 unspecified atom stereocenters. The van der Waals surface area contributed by atoms with Crippen LogP contribution in [0.3, 0.4) is 0 Å². The van der Waals surface area contributed by atoms with Crippen LogP contribution >= 0.6 is 0 Å². The Morgan fingerprint density at radius 3 is 2.14 bits per heavy atom. The van der Waals surface area contributed by atoms with E-state index < -0.39 is 12.1 Å². The van der Waals surface area contributed by atoms with Crippen molar-refractivity contribution in [2.45, 2.75) is 37.9 Å². The first kappa shape index (κ1) is 15.2. The summed E-state index contributed by atoms with van der Waals surface area (Å²) in [6.45, 7) is 0. The Labute approximate surface area is 121 Å². The van der Waals surface area contributed by atoms with Crippen molar-refractivity contribution in [1.29, 1.82) is 10.5 Å². The average molecular weight is 293 g/mol. The molecule has 1 aromatic carbocycles. The van der Waals surface area contributed by atoms with E-state index in [1.165, 1.54) is 0 Å². The van der Waals surface area contributed by atoms with E-state index in [4.69, 9.17) is 10.5 Å². The molecule has 1 N–H and O–H groups in total. The Bertz CT molecular complexity index is 588. The van der Waals surface area contributed by atoms with E-state index in [1.807, 2.05) is 12.1 Å². The van der Waals surface area contributed by atoms with E-state index in [2.05, 4.69) is 5.32 Å². The van der Waals surface area contributed by atoms with Gasteiger partial charge in [0.05, 0.1) is 17.0 Å². The summed E-state index contributed by atoms with van der Waals surface area (Å²) >= 11 is 0. The summed E-state index contributed by atoms with van der Waals surface area (Å²) in [4.78, 5) is 0. The Hall–Kier alpha value is -2.21. The van der Waals surface area contributed by atoms with Crippen LogP contribution in [0.25, 0.3) is 0 Å². The molecule has 6 heteroatoms. The number of nitrogens with zero attached hydrogens (tertiary/aromatic N) is 2. The fourth-order valence-electron chi connectivity index (χ4n) is 2.62. The molecule has 110 valence electrons. The lowest BCUT2D eigenvalue weighted by molar-refractivity contribution is -0.182. The van der Waals surface area contributed by atoms with Gasteiger partial charge in [0, 0.05) is 11.7 Å². The maximum atomic E-state index is 12.6. The molecule has 0 atom stereocenters. The monoisotopic (exact) mass is 293 g/mol. The van der Waals surface area contributed by atoms with Crippen molar-refractivity contribution in [3.8, 4) is 12.1 Å². The highest BCUT2D eigenvalue weighted by Gasteiger charge is 2.41. The average Bonchev–Trinajstić information content (AvgIpc) is 2.46. The molecule has 0 saturated heterocycles. The van der Waals surface area contributed by atoms with Gasteiger partial charge in [-0.2, -0.15) is 23.7 Å². The smallest absolute Gasteiger partial charge is 0.382 e. The standard InChI is InChI=1S/C15H14F3N3/c16-15(17,18)12-2-5-13(6-3-12)21-14-4-1-10(8-19)11(7-14)9-20/h1,4,7,12-13,21H,2-3,5-6H2. The molecule has 1 aliphatic rings. The third-order valence-electron chi connectivity index (χ3n) is 3.82. The molecule has 0 heterocycles. The maximum absolute atomic E-state index is 12.6.